The van der Waals surface area contributed by atoms with Crippen molar-refractivity contribution in [2.75, 3.05) is 19.0 Å². The summed E-state index contributed by atoms with van der Waals surface area (Å²) in [5.74, 6) is 0.348. The molecule has 0 saturated heterocycles. The molecule has 0 aromatic carbocycles. The van der Waals surface area contributed by atoms with Crippen molar-refractivity contribution >= 4 is 17.3 Å². The Morgan fingerprint density at radius 2 is 2.16 bits per heavy atom. The molecule has 0 aliphatic carbocycles. The van der Waals surface area contributed by atoms with Gasteiger partial charge in [-0.25, -0.2) is 4.68 Å². The molecule has 0 bridgehead atoms. The van der Waals surface area contributed by atoms with Crippen LogP contribution in [0, 0.1) is 5.92 Å². The fourth-order valence-electron chi connectivity index (χ4n) is 1.67. The van der Waals surface area contributed by atoms with E-state index < -0.39 is 0 Å². The summed E-state index contributed by atoms with van der Waals surface area (Å²) < 4.78 is 6.41. The summed E-state index contributed by atoms with van der Waals surface area (Å²) in [7, 11) is 1.66. The predicted molar refractivity (Wildman–Crippen MR) is 77.9 cm³/mol. The first-order chi connectivity index (χ1) is 8.95. The van der Waals surface area contributed by atoms with Gasteiger partial charge in [-0.2, -0.15) is 5.10 Å². The molecule has 0 radical (unpaired) electrons. The van der Waals surface area contributed by atoms with Crippen LogP contribution in [-0.4, -0.2) is 29.5 Å². The number of methoxy groups -OCH3 is 1. The van der Waals surface area contributed by atoms with Crippen LogP contribution in [0.15, 0.2) is 11.0 Å². The normalized spacial score (nSPS) is 12.7. The van der Waals surface area contributed by atoms with E-state index in [4.69, 9.17) is 16.3 Å². The predicted octanol–water partition coefficient (Wildman–Crippen LogP) is 2.39. The van der Waals surface area contributed by atoms with Crippen molar-refractivity contribution in [3.05, 3.63) is 21.6 Å². The summed E-state index contributed by atoms with van der Waals surface area (Å²) in [4.78, 5) is 12.0. The minimum absolute atomic E-state index is 0.166. The third-order valence-corrected chi connectivity index (χ3v) is 3.05. The number of nitrogens with one attached hydrogen (secondary N) is 1. The number of hydrogen-bond donors (Lipinski definition) is 1. The van der Waals surface area contributed by atoms with Gasteiger partial charge in [-0.05, 0) is 19.3 Å². The molecule has 0 saturated carbocycles. The van der Waals surface area contributed by atoms with Crippen LogP contribution in [0.2, 0.25) is 5.02 Å². The van der Waals surface area contributed by atoms with Crippen LogP contribution in [0.1, 0.15) is 27.2 Å². The molecule has 1 rings (SSSR count). The Kier molecular flexibility index (Phi) is 6.31. The molecule has 1 unspecified atom stereocenters. The molecule has 1 heterocycles. The second kappa shape index (κ2) is 7.50. The molecule has 108 valence electrons. The van der Waals surface area contributed by atoms with Crippen LogP contribution in [0.3, 0.4) is 0 Å². The molecule has 0 spiro atoms. The zero-order chi connectivity index (χ0) is 14.4. The molecule has 5 nitrogen and oxygen atoms in total. The number of anilines is 1. The first kappa shape index (κ1) is 16.0. The van der Waals surface area contributed by atoms with E-state index in [-0.39, 0.29) is 16.6 Å². The average molecular weight is 288 g/mol. The van der Waals surface area contributed by atoms with E-state index in [1.165, 1.54) is 4.68 Å². The Balaban J connectivity index is 2.81. The summed E-state index contributed by atoms with van der Waals surface area (Å²) in [5.41, 5.74) is 0.328. The van der Waals surface area contributed by atoms with Crippen LogP contribution in [-0.2, 0) is 11.3 Å². The maximum absolute atomic E-state index is 12.0. The lowest BCUT2D eigenvalue weighted by atomic mass is 10.2. The largest absolute Gasteiger partial charge is 0.385 e. The lowest BCUT2D eigenvalue weighted by Gasteiger charge is -2.16. The van der Waals surface area contributed by atoms with Crippen LogP contribution >= 0.6 is 11.6 Å². The van der Waals surface area contributed by atoms with Crippen molar-refractivity contribution in [2.24, 2.45) is 5.92 Å². The highest BCUT2D eigenvalue weighted by Gasteiger charge is 2.12. The van der Waals surface area contributed by atoms with Crippen molar-refractivity contribution < 1.29 is 4.74 Å². The maximum atomic E-state index is 12.0. The highest BCUT2D eigenvalue weighted by Crippen LogP contribution is 2.17. The van der Waals surface area contributed by atoms with Gasteiger partial charge in [0.05, 0.1) is 11.9 Å². The number of nitrogens with zero attached hydrogens (tertiary/aromatic N) is 2. The highest BCUT2D eigenvalue weighted by molar-refractivity contribution is 6.32. The Labute approximate surface area is 118 Å². The quantitative estimate of drug-likeness (QED) is 0.837. The summed E-state index contributed by atoms with van der Waals surface area (Å²) in [6.45, 7) is 7.29. The van der Waals surface area contributed by atoms with Gasteiger partial charge in [-0.1, -0.05) is 25.4 Å². The topological polar surface area (TPSA) is 56.1 Å². The third kappa shape index (κ3) is 4.84. The average Bonchev–Trinajstić information content (AvgIpc) is 2.35. The Morgan fingerprint density at radius 1 is 1.47 bits per heavy atom. The van der Waals surface area contributed by atoms with Crippen LogP contribution in [0.5, 0.6) is 0 Å². The SMILES string of the molecule is COCCC(C)Nc1cnn(CC(C)C)c(=O)c1Cl. The second-order valence-corrected chi connectivity index (χ2v) is 5.46. The Bertz CT molecular complexity index is 460. The molecule has 0 aliphatic heterocycles. The number of halogens is 1. The fraction of sp³-hybridized carbons (Fsp3) is 0.692. The number of aromatic nitrogens is 2. The summed E-state index contributed by atoms with van der Waals surface area (Å²) >= 11 is 6.09. The molecule has 0 fully saturated rings. The van der Waals surface area contributed by atoms with E-state index in [2.05, 4.69) is 10.4 Å². The molecule has 0 amide bonds. The van der Waals surface area contributed by atoms with E-state index >= 15 is 0 Å². The van der Waals surface area contributed by atoms with Crippen molar-refractivity contribution in [1.29, 1.82) is 0 Å². The van der Waals surface area contributed by atoms with Gasteiger partial charge in [0.15, 0.2) is 0 Å². The lowest BCUT2D eigenvalue weighted by Crippen LogP contribution is -2.27. The van der Waals surface area contributed by atoms with Crippen molar-refractivity contribution in [3.63, 3.8) is 0 Å². The second-order valence-electron chi connectivity index (χ2n) is 5.08. The van der Waals surface area contributed by atoms with Crippen LogP contribution in [0.25, 0.3) is 0 Å². The lowest BCUT2D eigenvalue weighted by molar-refractivity contribution is 0.191. The van der Waals surface area contributed by atoms with Gasteiger partial charge in [0.2, 0.25) is 0 Å². The molecular formula is C13H22ClN3O2. The summed E-state index contributed by atoms with van der Waals surface area (Å²) in [6.07, 6.45) is 2.44. The molecule has 19 heavy (non-hydrogen) atoms. The summed E-state index contributed by atoms with van der Waals surface area (Å²) in [5, 5.41) is 7.51. The maximum Gasteiger partial charge on any atom is 0.287 e. The number of ether oxygens (including phenoxy) is 1. The number of rotatable bonds is 7. The minimum atomic E-state index is -0.251. The van der Waals surface area contributed by atoms with Gasteiger partial charge in [0.25, 0.3) is 5.56 Å². The van der Waals surface area contributed by atoms with Crippen molar-refractivity contribution in [1.82, 2.24) is 9.78 Å². The molecule has 1 N–H and O–H groups in total. The molecule has 1 aromatic heterocycles. The van der Waals surface area contributed by atoms with Crippen molar-refractivity contribution in [2.45, 2.75) is 39.8 Å². The Morgan fingerprint density at radius 3 is 2.74 bits per heavy atom. The Hall–Kier alpha value is -1.07. The van der Waals surface area contributed by atoms with Crippen LogP contribution in [0.4, 0.5) is 5.69 Å². The zero-order valence-corrected chi connectivity index (χ0v) is 12.7. The molecule has 1 atom stereocenters. The first-order valence-corrected chi connectivity index (χ1v) is 6.84. The first-order valence-electron chi connectivity index (χ1n) is 6.46. The summed E-state index contributed by atoms with van der Waals surface area (Å²) in [6, 6.07) is 0.166. The van der Waals surface area contributed by atoms with Crippen molar-refractivity contribution in [3.8, 4) is 0 Å². The van der Waals surface area contributed by atoms with Gasteiger partial charge < -0.3 is 10.1 Å². The van der Waals surface area contributed by atoms with E-state index in [9.17, 15) is 4.79 Å². The fourth-order valence-corrected chi connectivity index (χ4v) is 1.87. The van der Waals surface area contributed by atoms with Gasteiger partial charge in [0, 0.05) is 26.3 Å². The van der Waals surface area contributed by atoms with Gasteiger partial charge in [-0.15, -0.1) is 0 Å². The van der Waals surface area contributed by atoms with Gasteiger partial charge in [0.1, 0.15) is 5.02 Å². The van der Waals surface area contributed by atoms with E-state index in [1.54, 1.807) is 13.3 Å². The highest BCUT2D eigenvalue weighted by atomic mass is 35.5. The standard InChI is InChI=1S/C13H22ClN3O2/c1-9(2)8-17-13(18)12(14)11(7-15-17)16-10(3)5-6-19-4/h7,9-10,16H,5-6,8H2,1-4H3. The van der Waals surface area contributed by atoms with E-state index in [1.807, 2.05) is 20.8 Å². The molecular weight excluding hydrogens is 266 g/mol. The van der Waals surface area contributed by atoms with Gasteiger partial charge in [-0.3, -0.25) is 4.79 Å². The number of hydrogen-bond acceptors (Lipinski definition) is 4. The van der Waals surface area contributed by atoms with E-state index in [0.29, 0.717) is 24.8 Å². The zero-order valence-electron chi connectivity index (χ0n) is 11.9. The molecule has 1 aromatic rings. The van der Waals surface area contributed by atoms with E-state index in [0.717, 1.165) is 6.42 Å². The smallest absolute Gasteiger partial charge is 0.287 e. The minimum Gasteiger partial charge on any atom is -0.385 e. The van der Waals surface area contributed by atoms with Gasteiger partial charge >= 0.3 is 0 Å². The molecule has 0 aliphatic rings. The molecule has 6 heteroatoms. The monoisotopic (exact) mass is 287 g/mol. The third-order valence-electron chi connectivity index (χ3n) is 2.68. The van der Waals surface area contributed by atoms with Crippen LogP contribution < -0.4 is 10.9 Å².